The third kappa shape index (κ3) is 3.06. The number of methoxy groups -OCH3 is 1. The Labute approximate surface area is 123 Å². The van der Waals surface area contributed by atoms with Gasteiger partial charge in [0.25, 0.3) is 0 Å². The fourth-order valence-electron chi connectivity index (χ4n) is 2.58. The van der Waals surface area contributed by atoms with Crippen molar-refractivity contribution in [3.63, 3.8) is 0 Å². The van der Waals surface area contributed by atoms with Crippen LogP contribution in [-0.4, -0.2) is 53.2 Å². The van der Waals surface area contributed by atoms with Crippen molar-refractivity contribution in [2.75, 3.05) is 26.8 Å². The first-order valence-corrected chi connectivity index (χ1v) is 7.02. The topological polar surface area (TPSA) is 56.1 Å². The van der Waals surface area contributed by atoms with Crippen LogP contribution in [-0.2, 0) is 20.8 Å². The minimum Gasteiger partial charge on any atom is -0.467 e. The predicted octanol–water partition coefficient (Wildman–Crippen LogP) is 1.02. The maximum Gasteiger partial charge on any atom is 0.336 e. The van der Waals surface area contributed by atoms with Crippen LogP contribution < -0.4 is 0 Å². The Morgan fingerprint density at radius 1 is 1.48 bits per heavy atom. The van der Waals surface area contributed by atoms with Gasteiger partial charge in [0.05, 0.1) is 19.4 Å². The number of rotatable bonds is 3. The summed E-state index contributed by atoms with van der Waals surface area (Å²) in [6.45, 7) is 4.63. The lowest BCUT2D eigenvalue weighted by atomic mass is 10.2. The zero-order chi connectivity index (χ0) is 14.8. The number of imidazole rings is 1. The van der Waals surface area contributed by atoms with Gasteiger partial charge in [0.2, 0.25) is 0 Å². The molecule has 112 valence electrons. The van der Waals surface area contributed by atoms with Crippen molar-refractivity contribution in [1.29, 1.82) is 0 Å². The van der Waals surface area contributed by atoms with Crippen LogP contribution >= 0.6 is 0 Å². The molecule has 0 radical (unpaired) electrons. The molecule has 1 saturated heterocycles. The molecule has 0 unspecified atom stereocenters. The highest BCUT2D eigenvalue weighted by atomic mass is 16.6. The first-order chi connectivity index (χ1) is 10.2. The number of esters is 1. The molecule has 0 N–H and O–H groups in total. The second-order valence-corrected chi connectivity index (χ2v) is 5.32. The van der Waals surface area contributed by atoms with Crippen molar-refractivity contribution < 1.29 is 14.3 Å². The van der Waals surface area contributed by atoms with Crippen molar-refractivity contribution >= 4 is 11.6 Å². The minimum atomic E-state index is -0.497. The molecule has 1 aliphatic rings. The van der Waals surface area contributed by atoms with Crippen LogP contribution in [0.4, 0.5) is 0 Å². The summed E-state index contributed by atoms with van der Waals surface area (Å²) in [5.74, 6) is -0.315. The summed E-state index contributed by atoms with van der Waals surface area (Å²) in [4.78, 5) is 18.3. The molecule has 2 aromatic heterocycles. The number of aryl methyl sites for hydroxylation is 1. The second-order valence-electron chi connectivity index (χ2n) is 5.32. The Bertz CT molecular complexity index is 653. The number of hydrogen-bond donors (Lipinski definition) is 0. The van der Waals surface area contributed by atoms with Crippen molar-refractivity contribution in [3.05, 3.63) is 35.8 Å². The summed E-state index contributed by atoms with van der Waals surface area (Å²) in [7, 11) is 1.38. The van der Waals surface area contributed by atoms with E-state index in [9.17, 15) is 4.79 Å². The molecule has 6 nitrogen and oxygen atoms in total. The molecule has 0 amide bonds. The smallest absolute Gasteiger partial charge is 0.336 e. The molecule has 1 atom stereocenters. The van der Waals surface area contributed by atoms with E-state index in [4.69, 9.17) is 9.47 Å². The van der Waals surface area contributed by atoms with Crippen LogP contribution in [0, 0.1) is 6.92 Å². The zero-order valence-corrected chi connectivity index (χ0v) is 12.3. The summed E-state index contributed by atoms with van der Waals surface area (Å²) in [6.07, 6.45) is 3.59. The largest absolute Gasteiger partial charge is 0.467 e. The molecule has 0 aliphatic carbocycles. The maximum atomic E-state index is 11.5. The highest BCUT2D eigenvalue weighted by Gasteiger charge is 2.27. The Morgan fingerprint density at radius 2 is 2.33 bits per heavy atom. The molecule has 6 heteroatoms. The van der Waals surface area contributed by atoms with Crippen LogP contribution in [0.5, 0.6) is 0 Å². The van der Waals surface area contributed by atoms with E-state index in [1.54, 1.807) is 0 Å². The number of nitrogens with zero attached hydrogens (tertiary/aromatic N) is 3. The average Bonchev–Trinajstić information content (AvgIpc) is 2.88. The van der Waals surface area contributed by atoms with Gasteiger partial charge in [-0.3, -0.25) is 4.90 Å². The lowest BCUT2D eigenvalue weighted by Gasteiger charge is -2.30. The van der Waals surface area contributed by atoms with Crippen LogP contribution in [0.25, 0.3) is 5.65 Å². The van der Waals surface area contributed by atoms with Crippen LogP contribution in [0.3, 0.4) is 0 Å². The molecule has 1 aliphatic heterocycles. The lowest BCUT2D eigenvalue weighted by Crippen LogP contribution is -2.46. The Morgan fingerprint density at radius 3 is 3.14 bits per heavy atom. The average molecular weight is 289 g/mol. The zero-order valence-electron chi connectivity index (χ0n) is 12.3. The standard InChI is InChI=1S/C15H19N3O3/c1-11-3-4-14-16-12(9-18(14)7-11)8-17-5-6-21-13(10-17)15(19)20-2/h3-4,7,9,13H,5-6,8,10H2,1-2H3/t13-/m0/s1. The van der Waals surface area contributed by atoms with Gasteiger partial charge >= 0.3 is 5.97 Å². The van der Waals surface area contributed by atoms with Crippen molar-refractivity contribution in [3.8, 4) is 0 Å². The first kappa shape index (κ1) is 14.0. The fourth-order valence-corrected chi connectivity index (χ4v) is 2.58. The van der Waals surface area contributed by atoms with E-state index in [2.05, 4.69) is 23.0 Å². The third-order valence-electron chi connectivity index (χ3n) is 3.65. The van der Waals surface area contributed by atoms with Crippen LogP contribution in [0.15, 0.2) is 24.5 Å². The molecular formula is C15H19N3O3. The van der Waals surface area contributed by atoms with Gasteiger partial charge < -0.3 is 13.9 Å². The monoisotopic (exact) mass is 289 g/mol. The van der Waals surface area contributed by atoms with E-state index in [0.29, 0.717) is 19.7 Å². The summed E-state index contributed by atoms with van der Waals surface area (Å²) in [5, 5.41) is 0. The highest BCUT2D eigenvalue weighted by Crippen LogP contribution is 2.13. The van der Waals surface area contributed by atoms with Gasteiger partial charge in [0.1, 0.15) is 5.65 Å². The van der Waals surface area contributed by atoms with E-state index >= 15 is 0 Å². The van der Waals surface area contributed by atoms with E-state index in [1.807, 2.05) is 22.7 Å². The first-order valence-electron chi connectivity index (χ1n) is 7.02. The summed E-state index contributed by atoms with van der Waals surface area (Å²) in [5.41, 5.74) is 3.13. The quantitative estimate of drug-likeness (QED) is 0.790. The SMILES string of the molecule is COC(=O)[C@@H]1CN(Cc2cn3cc(C)ccc3n2)CCO1. The molecule has 21 heavy (non-hydrogen) atoms. The lowest BCUT2D eigenvalue weighted by molar-refractivity contribution is -0.160. The molecule has 2 aromatic rings. The molecule has 1 fully saturated rings. The molecular weight excluding hydrogens is 270 g/mol. The van der Waals surface area contributed by atoms with Gasteiger partial charge in [-0.05, 0) is 18.6 Å². The summed E-state index contributed by atoms with van der Waals surface area (Å²) in [6, 6.07) is 4.06. The number of carbonyl (C=O) groups excluding carboxylic acids is 1. The van der Waals surface area contributed by atoms with Crippen molar-refractivity contribution in [1.82, 2.24) is 14.3 Å². The van der Waals surface area contributed by atoms with Crippen molar-refractivity contribution in [2.24, 2.45) is 0 Å². The van der Waals surface area contributed by atoms with Gasteiger partial charge in [0.15, 0.2) is 6.10 Å². The second kappa shape index (κ2) is 5.83. The highest BCUT2D eigenvalue weighted by molar-refractivity contribution is 5.74. The number of aromatic nitrogens is 2. The van der Waals surface area contributed by atoms with E-state index < -0.39 is 6.10 Å². The number of pyridine rings is 1. The molecule has 3 heterocycles. The number of carbonyl (C=O) groups is 1. The van der Waals surface area contributed by atoms with Crippen molar-refractivity contribution in [2.45, 2.75) is 19.6 Å². The van der Waals surface area contributed by atoms with Gasteiger partial charge in [-0.15, -0.1) is 0 Å². The predicted molar refractivity (Wildman–Crippen MR) is 77.0 cm³/mol. The Balaban J connectivity index is 1.71. The normalized spacial score (nSPS) is 19.8. The molecule has 0 aromatic carbocycles. The third-order valence-corrected chi connectivity index (χ3v) is 3.65. The van der Waals surface area contributed by atoms with Crippen LogP contribution in [0.1, 0.15) is 11.3 Å². The van der Waals surface area contributed by atoms with Gasteiger partial charge in [0, 0.05) is 32.0 Å². The van der Waals surface area contributed by atoms with Gasteiger partial charge in [-0.1, -0.05) is 6.07 Å². The fraction of sp³-hybridized carbons (Fsp3) is 0.467. The summed E-state index contributed by atoms with van der Waals surface area (Å²) >= 11 is 0. The molecule has 0 saturated carbocycles. The molecule has 0 spiro atoms. The minimum absolute atomic E-state index is 0.315. The number of hydrogen-bond acceptors (Lipinski definition) is 5. The Kier molecular flexibility index (Phi) is 3.90. The molecule has 3 rings (SSSR count). The van der Waals surface area contributed by atoms with Gasteiger partial charge in [-0.25, -0.2) is 9.78 Å². The number of ether oxygens (including phenoxy) is 2. The van der Waals surface area contributed by atoms with E-state index in [-0.39, 0.29) is 5.97 Å². The van der Waals surface area contributed by atoms with Crippen LogP contribution in [0.2, 0.25) is 0 Å². The molecule has 0 bridgehead atoms. The number of morpholine rings is 1. The van der Waals surface area contributed by atoms with E-state index in [0.717, 1.165) is 17.9 Å². The maximum absolute atomic E-state index is 11.5. The number of fused-ring (bicyclic) bond motifs is 1. The summed E-state index contributed by atoms with van der Waals surface area (Å²) < 4.78 is 12.2. The van der Waals surface area contributed by atoms with E-state index in [1.165, 1.54) is 12.7 Å². The Hall–Kier alpha value is -1.92. The van der Waals surface area contributed by atoms with Gasteiger partial charge in [-0.2, -0.15) is 0 Å².